The van der Waals surface area contributed by atoms with Crippen molar-refractivity contribution in [2.24, 2.45) is 0 Å². The van der Waals surface area contributed by atoms with Crippen LogP contribution in [-0.4, -0.2) is 48.9 Å². The van der Waals surface area contributed by atoms with Gasteiger partial charge in [0.2, 0.25) is 5.91 Å². The Kier molecular flexibility index (Phi) is 5.55. The van der Waals surface area contributed by atoms with Gasteiger partial charge in [0.25, 0.3) is 5.91 Å². The standard InChI is InChI=1S/C14H21N3O2S/c1-11-9-17(7-6-15-11)13(18)3-2-5-16-14(19)12-4-8-20-10-12/h4,8,10-11,15H,2-3,5-7,9H2,1H3,(H,16,19). The zero-order valence-electron chi connectivity index (χ0n) is 11.7. The van der Waals surface area contributed by atoms with Gasteiger partial charge in [-0.25, -0.2) is 0 Å². The van der Waals surface area contributed by atoms with Crippen molar-refractivity contribution < 1.29 is 9.59 Å². The van der Waals surface area contributed by atoms with Gasteiger partial charge in [0, 0.05) is 49.6 Å². The summed E-state index contributed by atoms with van der Waals surface area (Å²) in [6.07, 6.45) is 1.18. The van der Waals surface area contributed by atoms with Crippen LogP contribution < -0.4 is 10.6 Å². The van der Waals surface area contributed by atoms with Crippen molar-refractivity contribution in [2.75, 3.05) is 26.2 Å². The lowest BCUT2D eigenvalue weighted by Crippen LogP contribution is -2.51. The minimum Gasteiger partial charge on any atom is -0.352 e. The molecule has 1 aromatic rings. The zero-order chi connectivity index (χ0) is 14.4. The third-order valence-corrected chi connectivity index (χ3v) is 4.04. The average Bonchev–Trinajstić information content (AvgIpc) is 2.97. The monoisotopic (exact) mass is 295 g/mol. The maximum atomic E-state index is 12.0. The predicted octanol–water partition coefficient (Wildman–Crippen LogP) is 1.08. The van der Waals surface area contributed by atoms with Crippen LogP contribution in [0.25, 0.3) is 0 Å². The van der Waals surface area contributed by atoms with Crippen LogP contribution in [-0.2, 0) is 4.79 Å². The molecule has 1 unspecified atom stereocenters. The molecule has 2 rings (SSSR count). The molecule has 1 atom stereocenters. The highest BCUT2D eigenvalue weighted by atomic mass is 32.1. The van der Waals surface area contributed by atoms with Gasteiger partial charge in [-0.2, -0.15) is 11.3 Å². The number of carbonyl (C=O) groups excluding carboxylic acids is 2. The Labute approximate surface area is 123 Å². The average molecular weight is 295 g/mol. The Morgan fingerprint density at radius 2 is 2.40 bits per heavy atom. The van der Waals surface area contributed by atoms with Gasteiger partial charge in [-0.15, -0.1) is 0 Å². The molecule has 1 saturated heterocycles. The van der Waals surface area contributed by atoms with Crippen molar-refractivity contribution in [1.29, 1.82) is 0 Å². The normalized spacial score (nSPS) is 18.9. The maximum Gasteiger partial charge on any atom is 0.252 e. The summed E-state index contributed by atoms with van der Waals surface area (Å²) < 4.78 is 0. The Morgan fingerprint density at radius 1 is 1.55 bits per heavy atom. The zero-order valence-corrected chi connectivity index (χ0v) is 12.5. The van der Waals surface area contributed by atoms with Crippen LogP contribution in [0.1, 0.15) is 30.1 Å². The SMILES string of the molecule is CC1CN(C(=O)CCCNC(=O)c2ccsc2)CCN1. The third kappa shape index (κ3) is 4.31. The van der Waals surface area contributed by atoms with Crippen molar-refractivity contribution in [3.63, 3.8) is 0 Å². The number of carbonyl (C=O) groups is 2. The molecule has 0 aliphatic carbocycles. The molecule has 2 amide bonds. The summed E-state index contributed by atoms with van der Waals surface area (Å²) in [6.45, 7) is 5.05. The molecule has 6 heteroatoms. The van der Waals surface area contributed by atoms with E-state index in [4.69, 9.17) is 0 Å². The van der Waals surface area contributed by atoms with E-state index in [1.807, 2.05) is 15.7 Å². The molecule has 0 radical (unpaired) electrons. The highest BCUT2D eigenvalue weighted by Gasteiger charge is 2.19. The Balaban J connectivity index is 1.63. The van der Waals surface area contributed by atoms with Crippen LogP contribution in [0.4, 0.5) is 0 Å². The summed E-state index contributed by atoms with van der Waals surface area (Å²) in [4.78, 5) is 25.6. The molecule has 5 nitrogen and oxygen atoms in total. The number of thiophene rings is 1. The topological polar surface area (TPSA) is 61.4 Å². The van der Waals surface area contributed by atoms with Crippen LogP contribution in [0, 0.1) is 0 Å². The fraction of sp³-hybridized carbons (Fsp3) is 0.571. The summed E-state index contributed by atoms with van der Waals surface area (Å²) in [6, 6.07) is 2.17. The first-order valence-electron chi connectivity index (χ1n) is 6.98. The smallest absolute Gasteiger partial charge is 0.252 e. The molecule has 110 valence electrons. The van der Waals surface area contributed by atoms with Gasteiger partial charge in [-0.1, -0.05) is 0 Å². The van der Waals surface area contributed by atoms with E-state index in [1.165, 1.54) is 11.3 Å². The van der Waals surface area contributed by atoms with Gasteiger partial charge in [0.05, 0.1) is 0 Å². The van der Waals surface area contributed by atoms with Crippen molar-refractivity contribution in [1.82, 2.24) is 15.5 Å². The van der Waals surface area contributed by atoms with Crippen LogP contribution in [0.5, 0.6) is 0 Å². The van der Waals surface area contributed by atoms with Crippen LogP contribution in [0.3, 0.4) is 0 Å². The van der Waals surface area contributed by atoms with Gasteiger partial charge < -0.3 is 15.5 Å². The van der Waals surface area contributed by atoms with Gasteiger partial charge >= 0.3 is 0 Å². The molecule has 0 aromatic carbocycles. The summed E-state index contributed by atoms with van der Waals surface area (Å²) >= 11 is 1.50. The predicted molar refractivity (Wildman–Crippen MR) is 79.9 cm³/mol. The maximum absolute atomic E-state index is 12.0. The van der Waals surface area contributed by atoms with Crippen molar-refractivity contribution in [2.45, 2.75) is 25.8 Å². The Bertz CT molecular complexity index is 447. The second kappa shape index (κ2) is 7.40. The van der Waals surface area contributed by atoms with Gasteiger partial charge in [-0.3, -0.25) is 9.59 Å². The highest BCUT2D eigenvalue weighted by molar-refractivity contribution is 7.08. The van der Waals surface area contributed by atoms with Crippen molar-refractivity contribution >= 4 is 23.2 Å². The molecule has 2 heterocycles. The molecule has 1 aliphatic heterocycles. The number of piperazine rings is 1. The molecule has 0 bridgehead atoms. The lowest BCUT2D eigenvalue weighted by atomic mass is 10.2. The minimum atomic E-state index is -0.0607. The molecule has 0 spiro atoms. The summed E-state index contributed by atoms with van der Waals surface area (Å²) in [5.41, 5.74) is 0.692. The highest BCUT2D eigenvalue weighted by Crippen LogP contribution is 2.06. The van der Waals surface area contributed by atoms with Gasteiger partial charge in [0.15, 0.2) is 0 Å². The second-order valence-corrected chi connectivity index (χ2v) is 5.85. The summed E-state index contributed by atoms with van der Waals surface area (Å²) in [5, 5.41) is 9.85. The molecule has 1 aliphatic rings. The molecule has 0 saturated carbocycles. The summed E-state index contributed by atoms with van der Waals surface area (Å²) in [5.74, 6) is 0.123. The van der Waals surface area contributed by atoms with E-state index >= 15 is 0 Å². The first-order chi connectivity index (χ1) is 9.66. The van der Waals surface area contributed by atoms with Gasteiger partial charge in [0.1, 0.15) is 0 Å². The van der Waals surface area contributed by atoms with E-state index < -0.39 is 0 Å². The number of nitrogens with zero attached hydrogens (tertiary/aromatic N) is 1. The first-order valence-corrected chi connectivity index (χ1v) is 7.92. The van der Waals surface area contributed by atoms with Gasteiger partial charge in [-0.05, 0) is 24.8 Å². The molecular formula is C14H21N3O2S. The van der Waals surface area contributed by atoms with E-state index in [1.54, 1.807) is 6.07 Å². The molecule has 2 N–H and O–H groups in total. The fourth-order valence-electron chi connectivity index (χ4n) is 2.25. The minimum absolute atomic E-state index is 0.0607. The fourth-order valence-corrected chi connectivity index (χ4v) is 2.89. The van der Waals surface area contributed by atoms with Crippen molar-refractivity contribution in [3.05, 3.63) is 22.4 Å². The lowest BCUT2D eigenvalue weighted by Gasteiger charge is -2.32. The molecular weight excluding hydrogens is 274 g/mol. The molecule has 1 fully saturated rings. The van der Waals surface area contributed by atoms with Crippen molar-refractivity contribution in [3.8, 4) is 0 Å². The summed E-state index contributed by atoms with van der Waals surface area (Å²) in [7, 11) is 0. The van der Waals surface area contributed by atoms with Crippen LogP contribution in [0.2, 0.25) is 0 Å². The second-order valence-electron chi connectivity index (χ2n) is 5.07. The number of hydrogen-bond donors (Lipinski definition) is 2. The van der Waals surface area contributed by atoms with E-state index in [2.05, 4.69) is 17.6 Å². The Morgan fingerprint density at radius 3 is 3.10 bits per heavy atom. The lowest BCUT2D eigenvalue weighted by molar-refractivity contribution is -0.132. The quantitative estimate of drug-likeness (QED) is 0.799. The molecule has 20 heavy (non-hydrogen) atoms. The van der Waals surface area contributed by atoms with E-state index in [-0.39, 0.29) is 11.8 Å². The van der Waals surface area contributed by atoms with E-state index in [0.29, 0.717) is 31.0 Å². The first kappa shape index (κ1) is 15.0. The number of nitrogens with one attached hydrogen (secondary N) is 2. The Hall–Kier alpha value is -1.40. The van der Waals surface area contributed by atoms with E-state index in [0.717, 1.165) is 19.6 Å². The third-order valence-electron chi connectivity index (χ3n) is 3.36. The number of amides is 2. The molecule has 1 aromatic heterocycles. The largest absolute Gasteiger partial charge is 0.352 e. The number of rotatable bonds is 5. The van der Waals surface area contributed by atoms with E-state index in [9.17, 15) is 9.59 Å². The van der Waals surface area contributed by atoms with Crippen LogP contribution in [0.15, 0.2) is 16.8 Å². The number of hydrogen-bond acceptors (Lipinski definition) is 4. The van der Waals surface area contributed by atoms with Crippen LogP contribution >= 0.6 is 11.3 Å².